The summed E-state index contributed by atoms with van der Waals surface area (Å²) in [6, 6.07) is 25.0. The van der Waals surface area contributed by atoms with Crippen LogP contribution in [-0.4, -0.2) is 82.8 Å². The lowest BCUT2D eigenvalue weighted by atomic mass is 9.84. The Morgan fingerprint density at radius 1 is 0.833 bits per heavy atom. The maximum Gasteiger partial charge on any atom is 0.326 e. The zero-order valence-corrected chi connectivity index (χ0v) is 30.4. The van der Waals surface area contributed by atoms with Crippen molar-refractivity contribution in [2.75, 3.05) is 13.1 Å². The van der Waals surface area contributed by atoms with Gasteiger partial charge in [0.15, 0.2) is 5.96 Å². The van der Waals surface area contributed by atoms with E-state index in [4.69, 9.17) is 11.5 Å². The van der Waals surface area contributed by atoms with Gasteiger partial charge in [-0.05, 0) is 67.6 Å². The molecule has 13 nitrogen and oxygen atoms in total. The number of hydrogen-bond acceptors (Lipinski definition) is 6. The number of benzene rings is 3. The number of amides is 4. The summed E-state index contributed by atoms with van der Waals surface area (Å²) in [4.78, 5) is 72.8. The Bertz CT molecular complexity index is 1750. The normalized spacial score (nSPS) is 20.2. The van der Waals surface area contributed by atoms with Crippen LogP contribution in [0.25, 0.3) is 0 Å². The lowest BCUT2D eigenvalue weighted by Crippen LogP contribution is -2.58. The minimum atomic E-state index is -1.24. The number of carboxylic acid groups (broad SMARTS) is 1. The molecule has 6 atom stereocenters. The van der Waals surface area contributed by atoms with E-state index in [1.165, 1.54) is 0 Å². The lowest BCUT2D eigenvalue weighted by molar-refractivity contribution is -0.148. The molecule has 2 aliphatic heterocycles. The van der Waals surface area contributed by atoms with Crippen LogP contribution < -0.4 is 27.4 Å². The number of fused-ring (bicyclic) bond motifs is 1. The van der Waals surface area contributed by atoms with Crippen LogP contribution in [0.2, 0.25) is 0 Å². The van der Waals surface area contributed by atoms with Gasteiger partial charge in [-0.3, -0.25) is 24.2 Å². The SMILES string of the molecule is NC(N)=NCCC[C@H](NC(=O)C1C[C@@H](Cc2ccccc2)[C@@H]2CCC(CCNC(=O)Cc3ccccc3)C(=O)N12)C(=O)N[C@@H](Cc1ccccc1)C(=O)O. The molecule has 0 aromatic heterocycles. The largest absolute Gasteiger partial charge is 0.480 e. The van der Waals surface area contributed by atoms with Crippen LogP contribution in [-0.2, 0) is 43.2 Å². The molecule has 2 unspecified atom stereocenters. The summed E-state index contributed by atoms with van der Waals surface area (Å²) in [5.74, 6) is -3.07. The number of nitrogens with one attached hydrogen (secondary N) is 3. The van der Waals surface area contributed by atoms with Crippen LogP contribution in [0, 0.1) is 11.8 Å². The van der Waals surface area contributed by atoms with Gasteiger partial charge < -0.3 is 37.4 Å². The van der Waals surface area contributed by atoms with E-state index in [0.717, 1.165) is 16.7 Å². The van der Waals surface area contributed by atoms with Gasteiger partial charge in [-0.1, -0.05) is 91.0 Å². The minimum absolute atomic E-state index is 0.00929. The molecule has 13 heteroatoms. The predicted molar refractivity (Wildman–Crippen MR) is 205 cm³/mol. The van der Waals surface area contributed by atoms with E-state index in [-0.39, 0.29) is 61.5 Å². The van der Waals surface area contributed by atoms with E-state index >= 15 is 0 Å². The average Bonchev–Trinajstić information content (AvgIpc) is 3.53. The number of carbonyl (C=O) groups is 5. The zero-order valence-electron chi connectivity index (χ0n) is 30.4. The molecule has 3 aromatic rings. The first-order valence-corrected chi connectivity index (χ1v) is 18.7. The molecule has 2 aliphatic rings. The monoisotopic (exact) mass is 737 g/mol. The lowest BCUT2D eigenvalue weighted by Gasteiger charge is -2.39. The Labute approximate surface area is 316 Å². The highest BCUT2D eigenvalue weighted by molar-refractivity contribution is 5.94. The number of aliphatic imine (C=N–C) groups is 1. The van der Waals surface area contributed by atoms with E-state index in [0.29, 0.717) is 45.1 Å². The summed E-state index contributed by atoms with van der Waals surface area (Å²) in [5, 5.41) is 18.4. The fourth-order valence-electron chi connectivity index (χ4n) is 7.64. The van der Waals surface area contributed by atoms with Gasteiger partial charge in [0.25, 0.3) is 0 Å². The van der Waals surface area contributed by atoms with E-state index in [1.54, 1.807) is 29.2 Å². The van der Waals surface area contributed by atoms with Crippen molar-refractivity contribution < 1.29 is 29.1 Å². The van der Waals surface area contributed by atoms with Gasteiger partial charge in [0.2, 0.25) is 23.6 Å². The molecule has 2 fully saturated rings. The van der Waals surface area contributed by atoms with Crippen molar-refractivity contribution in [1.29, 1.82) is 0 Å². The second kappa shape index (κ2) is 19.4. The van der Waals surface area contributed by atoms with Gasteiger partial charge >= 0.3 is 5.97 Å². The zero-order chi connectivity index (χ0) is 38.5. The van der Waals surface area contributed by atoms with E-state index < -0.39 is 35.9 Å². The van der Waals surface area contributed by atoms with Crippen LogP contribution in [0.4, 0.5) is 0 Å². The first-order valence-electron chi connectivity index (χ1n) is 18.7. The van der Waals surface area contributed by atoms with E-state index in [2.05, 4.69) is 20.9 Å². The number of nitrogens with zero attached hydrogens (tertiary/aromatic N) is 2. The number of aliphatic carboxylic acids is 1. The summed E-state index contributed by atoms with van der Waals surface area (Å²) >= 11 is 0. The van der Waals surface area contributed by atoms with E-state index in [1.807, 2.05) is 66.7 Å². The molecule has 2 heterocycles. The summed E-state index contributed by atoms with van der Waals surface area (Å²) in [5.41, 5.74) is 13.7. The molecular weight excluding hydrogens is 686 g/mol. The molecule has 5 rings (SSSR count). The van der Waals surface area contributed by atoms with Crippen LogP contribution in [0.1, 0.15) is 55.2 Å². The predicted octanol–water partition coefficient (Wildman–Crippen LogP) is 2.32. The van der Waals surface area contributed by atoms with Crippen molar-refractivity contribution in [2.24, 2.45) is 28.3 Å². The van der Waals surface area contributed by atoms with Gasteiger partial charge in [-0.15, -0.1) is 0 Å². The van der Waals surface area contributed by atoms with Crippen molar-refractivity contribution in [3.8, 4) is 0 Å². The second-order valence-corrected chi connectivity index (χ2v) is 14.2. The first kappa shape index (κ1) is 39.5. The van der Waals surface area contributed by atoms with Gasteiger partial charge in [-0.2, -0.15) is 0 Å². The Morgan fingerprint density at radius 2 is 1.46 bits per heavy atom. The molecule has 286 valence electrons. The fourth-order valence-corrected chi connectivity index (χ4v) is 7.64. The van der Waals surface area contributed by atoms with E-state index in [9.17, 15) is 29.1 Å². The number of guanidine groups is 1. The Morgan fingerprint density at radius 3 is 2.09 bits per heavy atom. The molecule has 54 heavy (non-hydrogen) atoms. The van der Waals surface area contributed by atoms with Crippen molar-refractivity contribution in [3.05, 3.63) is 108 Å². The van der Waals surface area contributed by atoms with Crippen LogP contribution in [0.5, 0.6) is 0 Å². The summed E-state index contributed by atoms with van der Waals surface area (Å²) in [7, 11) is 0. The number of hydrogen-bond donors (Lipinski definition) is 6. The highest BCUT2D eigenvalue weighted by Gasteiger charge is 2.50. The van der Waals surface area contributed by atoms with Crippen molar-refractivity contribution in [1.82, 2.24) is 20.9 Å². The number of piperidine rings is 1. The molecule has 2 saturated heterocycles. The Balaban J connectivity index is 1.30. The molecule has 0 saturated carbocycles. The fraction of sp³-hybridized carbons (Fsp3) is 0.415. The molecule has 0 radical (unpaired) electrons. The highest BCUT2D eigenvalue weighted by Crippen LogP contribution is 2.41. The Kier molecular flexibility index (Phi) is 14.2. The molecule has 8 N–H and O–H groups in total. The second-order valence-electron chi connectivity index (χ2n) is 14.2. The molecular formula is C41H51N7O6. The summed E-state index contributed by atoms with van der Waals surface area (Å²) in [6.07, 6.45) is 3.64. The third kappa shape index (κ3) is 11.1. The van der Waals surface area contributed by atoms with Crippen LogP contribution in [0.15, 0.2) is 96.0 Å². The van der Waals surface area contributed by atoms with Crippen molar-refractivity contribution >= 4 is 35.6 Å². The quantitative estimate of drug-likeness (QED) is 0.0647. The maximum atomic E-state index is 14.3. The molecule has 0 spiro atoms. The number of carboxylic acids is 1. The standard InChI is InChI=1S/C41H51N7O6/c42-41(43)45-21-10-17-32(37(50)47-33(40(53)54)24-28-13-6-2-7-14-28)46-38(51)35-26-31(23-27-11-4-1-5-12-27)34-19-18-30(39(52)48(34)35)20-22-44-36(49)25-29-15-8-3-9-16-29/h1-9,11-16,30-35H,10,17-26H2,(H,44,49)(H,46,51)(H,47,50)(H,53,54)(H4,42,43,45)/t30?,31-,32+,33+,34+,35?/m1/s1. The Hall–Kier alpha value is -5.72. The highest BCUT2D eigenvalue weighted by atomic mass is 16.4. The van der Waals surface area contributed by atoms with Gasteiger partial charge in [0.05, 0.1) is 6.42 Å². The third-order valence-corrected chi connectivity index (χ3v) is 10.3. The summed E-state index contributed by atoms with van der Waals surface area (Å²) < 4.78 is 0. The molecule has 3 aromatic carbocycles. The number of rotatable bonds is 18. The van der Waals surface area contributed by atoms with Crippen LogP contribution in [0.3, 0.4) is 0 Å². The molecule has 4 amide bonds. The van der Waals surface area contributed by atoms with Gasteiger partial charge in [-0.25, -0.2) is 4.79 Å². The number of carbonyl (C=O) groups excluding carboxylic acids is 4. The topological polar surface area (TPSA) is 209 Å². The first-order chi connectivity index (χ1) is 26.1. The maximum absolute atomic E-state index is 14.3. The molecule has 0 bridgehead atoms. The number of nitrogens with two attached hydrogens (primary N) is 2. The average molecular weight is 738 g/mol. The minimum Gasteiger partial charge on any atom is -0.480 e. The van der Waals surface area contributed by atoms with Crippen molar-refractivity contribution in [2.45, 2.75) is 82.0 Å². The van der Waals surface area contributed by atoms with Crippen molar-refractivity contribution in [3.63, 3.8) is 0 Å². The van der Waals surface area contributed by atoms with Gasteiger partial charge in [0.1, 0.15) is 18.1 Å². The summed E-state index contributed by atoms with van der Waals surface area (Å²) in [6.45, 7) is 0.532. The smallest absolute Gasteiger partial charge is 0.326 e. The third-order valence-electron chi connectivity index (χ3n) is 10.3. The molecule has 0 aliphatic carbocycles. The van der Waals surface area contributed by atoms with Crippen LogP contribution >= 0.6 is 0 Å². The van der Waals surface area contributed by atoms with Gasteiger partial charge in [0, 0.05) is 31.5 Å².